The lowest BCUT2D eigenvalue weighted by molar-refractivity contribution is 0.0394. The molecule has 0 bridgehead atoms. The second kappa shape index (κ2) is 10.4. The Labute approximate surface area is 220 Å². The fraction of sp³-hybridized carbons (Fsp3) is 0.276. The lowest BCUT2D eigenvalue weighted by atomic mass is 10.1. The van der Waals surface area contributed by atoms with Crippen LogP contribution in [0.25, 0.3) is 16.6 Å². The van der Waals surface area contributed by atoms with Crippen molar-refractivity contribution in [3.05, 3.63) is 99.6 Å². The Bertz CT molecular complexity index is 1520. The van der Waals surface area contributed by atoms with Gasteiger partial charge in [0, 0.05) is 25.7 Å². The molecule has 0 radical (unpaired) electrons. The van der Waals surface area contributed by atoms with Crippen LogP contribution in [0.2, 0.25) is 5.02 Å². The lowest BCUT2D eigenvalue weighted by Crippen LogP contribution is -2.54. The number of nitrogens with zero attached hydrogens (tertiary/aromatic N) is 4. The predicted molar refractivity (Wildman–Crippen MR) is 146 cm³/mol. The Kier molecular flexibility index (Phi) is 7.00. The van der Waals surface area contributed by atoms with Crippen molar-refractivity contribution in [1.29, 1.82) is 0 Å². The average Bonchev–Trinajstić information content (AvgIpc) is 2.92. The number of ether oxygens (including phenoxy) is 1. The molecule has 37 heavy (non-hydrogen) atoms. The molecule has 7 nitrogen and oxygen atoms in total. The molecule has 190 valence electrons. The van der Waals surface area contributed by atoms with Gasteiger partial charge in [-0.2, -0.15) is 0 Å². The highest BCUT2D eigenvalue weighted by Crippen LogP contribution is 2.29. The van der Waals surface area contributed by atoms with Crippen LogP contribution in [-0.4, -0.2) is 58.0 Å². The highest BCUT2D eigenvalue weighted by atomic mass is 35.5. The smallest absolute Gasteiger partial charge is 0.266 e. The lowest BCUT2D eigenvalue weighted by Gasteiger charge is -2.42. The van der Waals surface area contributed by atoms with Gasteiger partial charge in [0.15, 0.2) is 0 Å². The average molecular weight is 517 g/mol. The number of para-hydroxylation sites is 3. The van der Waals surface area contributed by atoms with E-state index in [9.17, 15) is 9.59 Å². The molecule has 2 atom stereocenters. The Balaban J connectivity index is 1.51. The second-order valence-electron chi connectivity index (χ2n) is 9.30. The summed E-state index contributed by atoms with van der Waals surface area (Å²) in [5.41, 5.74) is 1.67. The van der Waals surface area contributed by atoms with E-state index < -0.39 is 0 Å². The molecule has 1 amide bonds. The molecule has 0 spiro atoms. The van der Waals surface area contributed by atoms with E-state index in [0.717, 1.165) is 0 Å². The minimum absolute atomic E-state index is 0.0492. The second-order valence-corrected chi connectivity index (χ2v) is 9.71. The van der Waals surface area contributed by atoms with Gasteiger partial charge in [-0.3, -0.25) is 19.1 Å². The molecule has 0 saturated carbocycles. The molecule has 1 aliphatic heterocycles. The van der Waals surface area contributed by atoms with E-state index >= 15 is 0 Å². The van der Waals surface area contributed by atoms with E-state index in [2.05, 4.69) is 11.8 Å². The monoisotopic (exact) mass is 516 g/mol. The third-order valence-corrected chi connectivity index (χ3v) is 7.40. The van der Waals surface area contributed by atoms with Crippen LogP contribution in [-0.2, 0) is 0 Å². The number of halogens is 1. The highest BCUT2D eigenvalue weighted by molar-refractivity contribution is 6.33. The Morgan fingerprint density at radius 2 is 1.73 bits per heavy atom. The maximum absolute atomic E-state index is 13.8. The van der Waals surface area contributed by atoms with E-state index in [-0.39, 0.29) is 23.6 Å². The zero-order valence-corrected chi connectivity index (χ0v) is 21.9. The Morgan fingerprint density at radius 3 is 2.49 bits per heavy atom. The van der Waals surface area contributed by atoms with E-state index in [0.29, 0.717) is 58.4 Å². The molecule has 1 fully saturated rings. The van der Waals surface area contributed by atoms with Gasteiger partial charge < -0.3 is 9.64 Å². The first kappa shape index (κ1) is 25.0. The first-order valence-electron chi connectivity index (χ1n) is 12.3. The zero-order valence-electron chi connectivity index (χ0n) is 21.1. The standard InChI is InChI=1S/C29H29ClN4O3/c1-19-18-32(16-17-33(19)28(35)21-10-4-6-12-23(21)30)20(2)27-31-24-13-7-5-11-22(24)29(36)34(27)25-14-8-9-15-26(25)37-3/h4-15,19-20H,16-18H2,1-3H3. The predicted octanol–water partition coefficient (Wildman–Crippen LogP) is 4.96. The fourth-order valence-corrected chi connectivity index (χ4v) is 5.29. The van der Waals surface area contributed by atoms with Gasteiger partial charge in [0.05, 0.1) is 40.3 Å². The van der Waals surface area contributed by atoms with Gasteiger partial charge in [-0.1, -0.05) is 48.0 Å². The number of carbonyl (C=O) groups excluding carboxylic acids is 1. The van der Waals surface area contributed by atoms with Crippen LogP contribution in [0.15, 0.2) is 77.6 Å². The van der Waals surface area contributed by atoms with Gasteiger partial charge in [0.25, 0.3) is 11.5 Å². The summed E-state index contributed by atoms with van der Waals surface area (Å²) < 4.78 is 7.26. The van der Waals surface area contributed by atoms with Crippen LogP contribution in [0, 0.1) is 0 Å². The summed E-state index contributed by atoms with van der Waals surface area (Å²) in [5, 5.41) is 1.00. The van der Waals surface area contributed by atoms with Crippen molar-refractivity contribution in [2.75, 3.05) is 26.7 Å². The molecule has 8 heteroatoms. The number of fused-ring (bicyclic) bond motifs is 1. The number of piperazine rings is 1. The van der Waals surface area contributed by atoms with Crippen LogP contribution in [0.1, 0.15) is 36.1 Å². The van der Waals surface area contributed by atoms with Gasteiger partial charge in [0.2, 0.25) is 0 Å². The first-order chi connectivity index (χ1) is 17.9. The first-order valence-corrected chi connectivity index (χ1v) is 12.7. The minimum Gasteiger partial charge on any atom is -0.495 e. The summed E-state index contributed by atoms with van der Waals surface area (Å²) in [6.07, 6.45) is 0. The third kappa shape index (κ3) is 4.61. The van der Waals surface area contributed by atoms with Crippen molar-refractivity contribution >= 4 is 28.4 Å². The summed E-state index contributed by atoms with van der Waals surface area (Å²) in [6.45, 7) is 5.90. The topological polar surface area (TPSA) is 67.7 Å². The number of amides is 1. The van der Waals surface area contributed by atoms with Crippen molar-refractivity contribution in [3.63, 3.8) is 0 Å². The van der Waals surface area contributed by atoms with Crippen molar-refractivity contribution in [2.45, 2.75) is 25.9 Å². The van der Waals surface area contributed by atoms with E-state index in [4.69, 9.17) is 21.3 Å². The maximum Gasteiger partial charge on any atom is 0.266 e. The Hall–Kier alpha value is -3.68. The van der Waals surface area contributed by atoms with Crippen molar-refractivity contribution in [2.24, 2.45) is 0 Å². The summed E-state index contributed by atoms with van der Waals surface area (Å²) in [6, 6.07) is 21.8. The summed E-state index contributed by atoms with van der Waals surface area (Å²) >= 11 is 6.30. The van der Waals surface area contributed by atoms with E-state index in [1.54, 1.807) is 29.9 Å². The summed E-state index contributed by atoms with van der Waals surface area (Å²) in [5.74, 6) is 1.16. The molecule has 3 aromatic carbocycles. The number of hydrogen-bond acceptors (Lipinski definition) is 5. The molecule has 2 unspecified atom stereocenters. The number of rotatable bonds is 5. The minimum atomic E-state index is -0.192. The number of aromatic nitrogens is 2. The zero-order chi connectivity index (χ0) is 26.1. The summed E-state index contributed by atoms with van der Waals surface area (Å²) in [7, 11) is 1.60. The molecule has 4 aromatic rings. The highest BCUT2D eigenvalue weighted by Gasteiger charge is 2.33. The number of carbonyl (C=O) groups is 1. The third-order valence-electron chi connectivity index (χ3n) is 7.07. The van der Waals surface area contributed by atoms with Crippen molar-refractivity contribution in [1.82, 2.24) is 19.4 Å². The van der Waals surface area contributed by atoms with Crippen molar-refractivity contribution in [3.8, 4) is 11.4 Å². The van der Waals surface area contributed by atoms with E-state index in [1.165, 1.54) is 0 Å². The normalized spacial score (nSPS) is 17.1. The van der Waals surface area contributed by atoms with Crippen LogP contribution in [0.4, 0.5) is 0 Å². The van der Waals surface area contributed by atoms with E-state index in [1.807, 2.05) is 66.4 Å². The Morgan fingerprint density at radius 1 is 1.03 bits per heavy atom. The number of hydrogen-bond donors (Lipinski definition) is 0. The quantitative estimate of drug-likeness (QED) is 0.375. The van der Waals surface area contributed by atoms with Crippen LogP contribution < -0.4 is 10.3 Å². The molecule has 5 rings (SSSR count). The van der Waals surface area contributed by atoms with Crippen molar-refractivity contribution < 1.29 is 9.53 Å². The molecule has 1 saturated heterocycles. The molecule has 0 N–H and O–H groups in total. The molecule has 1 aromatic heterocycles. The molecule has 0 aliphatic carbocycles. The van der Waals surface area contributed by atoms with Gasteiger partial charge >= 0.3 is 0 Å². The van der Waals surface area contributed by atoms with Gasteiger partial charge in [-0.05, 0) is 50.2 Å². The van der Waals surface area contributed by atoms with Gasteiger partial charge in [-0.15, -0.1) is 0 Å². The maximum atomic E-state index is 13.8. The SMILES string of the molecule is COc1ccccc1-n1c(C(C)N2CCN(C(=O)c3ccccc3Cl)C(C)C2)nc2ccccc2c1=O. The summed E-state index contributed by atoms with van der Waals surface area (Å²) in [4.78, 5) is 36.1. The van der Waals surface area contributed by atoms with Gasteiger partial charge in [-0.25, -0.2) is 4.98 Å². The van der Waals surface area contributed by atoms with Crippen LogP contribution >= 0.6 is 11.6 Å². The largest absolute Gasteiger partial charge is 0.495 e. The van der Waals surface area contributed by atoms with Crippen LogP contribution in [0.5, 0.6) is 5.75 Å². The molecule has 2 heterocycles. The fourth-order valence-electron chi connectivity index (χ4n) is 5.07. The number of benzene rings is 3. The molecular weight excluding hydrogens is 488 g/mol. The molecule has 1 aliphatic rings. The van der Waals surface area contributed by atoms with Crippen LogP contribution in [0.3, 0.4) is 0 Å². The number of methoxy groups -OCH3 is 1. The molecular formula is C29H29ClN4O3. The van der Waals surface area contributed by atoms with Gasteiger partial charge in [0.1, 0.15) is 11.6 Å².